The zero-order valence-corrected chi connectivity index (χ0v) is 14.0. The molecule has 0 spiro atoms. The van der Waals surface area contributed by atoms with Gasteiger partial charge in [0.1, 0.15) is 0 Å². The Kier molecular flexibility index (Phi) is 6.37. The fraction of sp³-hybridized carbons (Fsp3) is 0.588. The van der Waals surface area contributed by atoms with Crippen LogP contribution in [0, 0.1) is 5.41 Å². The van der Waals surface area contributed by atoms with Gasteiger partial charge < -0.3 is 15.5 Å². The van der Waals surface area contributed by atoms with Crippen LogP contribution in [0.2, 0.25) is 0 Å². The molecule has 4 nitrogen and oxygen atoms in total. The van der Waals surface area contributed by atoms with Gasteiger partial charge in [0.25, 0.3) is 0 Å². The summed E-state index contributed by atoms with van der Waals surface area (Å²) in [4.78, 5) is 16.6. The van der Waals surface area contributed by atoms with Crippen molar-refractivity contribution in [3.05, 3.63) is 35.9 Å². The van der Waals surface area contributed by atoms with Crippen molar-refractivity contribution in [1.29, 1.82) is 0 Å². The van der Waals surface area contributed by atoms with Crippen LogP contribution in [0.4, 0.5) is 0 Å². The van der Waals surface area contributed by atoms with Crippen molar-refractivity contribution < 1.29 is 4.79 Å². The topological polar surface area (TPSA) is 49.6 Å². The van der Waals surface area contributed by atoms with Gasteiger partial charge in [0, 0.05) is 19.6 Å². The lowest BCUT2D eigenvalue weighted by Gasteiger charge is -2.32. The van der Waals surface area contributed by atoms with Crippen molar-refractivity contribution in [1.82, 2.24) is 9.80 Å². The molecule has 0 aliphatic rings. The fourth-order valence-electron chi connectivity index (χ4n) is 1.96. The number of carbonyl (C=O) groups excluding carboxylic acids is 1. The Morgan fingerprint density at radius 1 is 1.14 bits per heavy atom. The van der Waals surface area contributed by atoms with Crippen LogP contribution in [0.25, 0.3) is 0 Å². The number of likely N-dealkylation sites (N-methyl/N-ethyl adjacent to an activating group) is 1. The Balaban J connectivity index is 2.83. The third-order valence-electron chi connectivity index (χ3n) is 3.54. The quantitative estimate of drug-likeness (QED) is 0.871. The lowest BCUT2D eigenvalue weighted by molar-refractivity contribution is -0.135. The Morgan fingerprint density at radius 2 is 1.71 bits per heavy atom. The third kappa shape index (κ3) is 5.86. The molecule has 0 radical (unpaired) electrons. The average molecular weight is 291 g/mol. The van der Waals surface area contributed by atoms with Gasteiger partial charge >= 0.3 is 0 Å². The van der Waals surface area contributed by atoms with Gasteiger partial charge in [0.05, 0.1) is 6.04 Å². The molecule has 0 saturated carbocycles. The third-order valence-corrected chi connectivity index (χ3v) is 3.54. The first-order valence-electron chi connectivity index (χ1n) is 7.45. The molecule has 0 aliphatic carbocycles. The van der Waals surface area contributed by atoms with Crippen LogP contribution < -0.4 is 5.73 Å². The molecular formula is C17H29N3O. The van der Waals surface area contributed by atoms with Crippen molar-refractivity contribution in [3.63, 3.8) is 0 Å². The van der Waals surface area contributed by atoms with Gasteiger partial charge in [-0.25, -0.2) is 0 Å². The summed E-state index contributed by atoms with van der Waals surface area (Å²) in [7, 11) is 4.02. The van der Waals surface area contributed by atoms with Crippen LogP contribution in [0.15, 0.2) is 30.3 Å². The summed E-state index contributed by atoms with van der Waals surface area (Å²) < 4.78 is 0. The Labute approximate surface area is 128 Å². The first-order chi connectivity index (χ1) is 9.71. The molecule has 0 saturated heterocycles. The molecule has 1 rings (SSSR count). The zero-order chi connectivity index (χ0) is 16.0. The minimum atomic E-state index is -0.483. The molecule has 1 aromatic carbocycles. The zero-order valence-electron chi connectivity index (χ0n) is 14.0. The van der Waals surface area contributed by atoms with E-state index in [1.54, 1.807) is 0 Å². The van der Waals surface area contributed by atoms with Gasteiger partial charge in [-0.05, 0) is 25.1 Å². The Morgan fingerprint density at radius 3 is 2.19 bits per heavy atom. The summed E-state index contributed by atoms with van der Waals surface area (Å²) in [5, 5.41) is 0. The number of benzene rings is 1. The summed E-state index contributed by atoms with van der Waals surface area (Å²) in [6.07, 6.45) is 0. The molecule has 118 valence electrons. The molecule has 21 heavy (non-hydrogen) atoms. The van der Waals surface area contributed by atoms with Gasteiger partial charge in [-0.2, -0.15) is 0 Å². The minimum Gasteiger partial charge on any atom is -0.336 e. The van der Waals surface area contributed by atoms with E-state index in [1.807, 2.05) is 70.1 Å². The number of nitrogens with two attached hydrogens (primary N) is 1. The van der Waals surface area contributed by atoms with Crippen LogP contribution in [0.5, 0.6) is 0 Å². The highest BCUT2D eigenvalue weighted by atomic mass is 16.2. The van der Waals surface area contributed by atoms with Crippen molar-refractivity contribution >= 4 is 5.91 Å². The maximum atomic E-state index is 12.7. The van der Waals surface area contributed by atoms with Gasteiger partial charge in [-0.3, -0.25) is 4.79 Å². The normalized spacial score (nSPS) is 13.3. The van der Waals surface area contributed by atoms with E-state index in [2.05, 4.69) is 4.90 Å². The molecule has 0 heterocycles. The Bertz CT molecular complexity index is 437. The molecule has 1 amide bonds. The standard InChI is InChI=1S/C17H29N3O/c1-17(2,3)15(18)16(21)20(12-11-19(4)5)13-14-9-7-6-8-10-14/h6-10,15H,11-13,18H2,1-5H3/t15-/m1/s1. The van der Waals surface area contributed by atoms with Crippen LogP contribution in [-0.2, 0) is 11.3 Å². The predicted octanol–water partition coefficient (Wildman–Crippen LogP) is 1.95. The number of nitrogens with zero attached hydrogens (tertiary/aromatic N) is 2. The second-order valence-corrected chi connectivity index (χ2v) is 6.89. The van der Waals surface area contributed by atoms with E-state index in [-0.39, 0.29) is 11.3 Å². The molecule has 0 aliphatic heterocycles. The largest absolute Gasteiger partial charge is 0.336 e. The van der Waals surface area contributed by atoms with Crippen LogP contribution in [-0.4, -0.2) is 48.9 Å². The highest BCUT2D eigenvalue weighted by Crippen LogP contribution is 2.20. The Hall–Kier alpha value is -1.39. The van der Waals surface area contributed by atoms with Crippen molar-refractivity contribution in [2.45, 2.75) is 33.4 Å². The molecule has 0 aromatic heterocycles. The van der Waals surface area contributed by atoms with E-state index < -0.39 is 6.04 Å². The average Bonchev–Trinajstić information content (AvgIpc) is 2.41. The van der Waals surface area contributed by atoms with Crippen molar-refractivity contribution in [2.24, 2.45) is 11.1 Å². The second-order valence-electron chi connectivity index (χ2n) is 6.89. The molecule has 1 aromatic rings. The van der Waals surface area contributed by atoms with Crippen LogP contribution in [0.1, 0.15) is 26.3 Å². The van der Waals surface area contributed by atoms with Gasteiger partial charge in [-0.15, -0.1) is 0 Å². The maximum absolute atomic E-state index is 12.7. The number of amides is 1. The summed E-state index contributed by atoms with van der Waals surface area (Å²) in [6.45, 7) is 8.13. The molecule has 0 unspecified atom stereocenters. The molecule has 0 fully saturated rings. The van der Waals surface area contributed by atoms with E-state index in [1.165, 1.54) is 0 Å². The first kappa shape index (κ1) is 17.7. The number of rotatable bonds is 6. The lowest BCUT2D eigenvalue weighted by Crippen LogP contribution is -2.51. The fourth-order valence-corrected chi connectivity index (χ4v) is 1.96. The van der Waals surface area contributed by atoms with Crippen molar-refractivity contribution in [2.75, 3.05) is 27.2 Å². The van der Waals surface area contributed by atoms with E-state index >= 15 is 0 Å². The summed E-state index contributed by atoms with van der Waals surface area (Å²) in [5.74, 6) is 0.0215. The second kappa shape index (κ2) is 7.57. The molecule has 0 bridgehead atoms. The molecule has 2 N–H and O–H groups in total. The van der Waals surface area contributed by atoms with Crippen molar-refractivity contribution in [3.8, 4) is 0 Å². The summed E-state index contributed by atoms with van der Waals surface area (Å²) >= 11 is 0. The highest BCUT2D eigenvalue weighted by Gasteiger charge is 2.31. The van der Waals surface area contributed by atoms with Crippen LogP contribution >= 0.6 is 0 Å². The van der Waals surface area contributed by atoms with Gasteiger partial charge in [0.2, 0.25) is 5.91 Å². The monoisotopic (exact) mass is 291 g/mol. The number of hydrogen-bond acceptors (Lipinski definition) is 3. The minimum absolute atomic E-state index is 0.0215. The first-order valence-corrected chi connectivity index (χ1v) is 7.45. The smallest absolute Gasteiger partial charge is 0.240 e. The number of hydrogen-bond donors (Lipinski definition) is 1. The van der Waals surface area contributed by atoms with E-state index in [9.17, 15) is 4.79 Å². The van der Waals surface area contributed by atoms with E-state index in [0.717, 1.165) is 12.1 Å². The van der Waals surface area contributed by atoms with Gasteiger partial charge in [0.15, 0.2) is 0 Å². The van der Waals surface area contributed by atoms with Gasteiger partial charge in [-0.1, -0.05) is 51.1 Å². The predicted molar refractivity (Wildman–Crippen MR) is 87.8 cm³/mol. The highest BCUT2D eigenvalue weighted by molar-refractivity contribution is 5.82. The molecular weight excluding hydrogens is 262 g/mol. The summed E-state index contributed by atoms with van der Waals surface area (Å²) in [5.41, 5.74) is 7.05. The SMILES string of the molecule is CN(C)CCN(Cc1ccccc1)C(=O)[C@@H](N)C(C)(C)C. The maximum Gasteiger partial charge on any atom is 0.240 e. The number of carbonyl (C=O) groups is 1. The van der Waals surface area contributed by atoms with Crippen LogP contribution in [0.3, 0.4) is 0 Å². The lowest BCUT2D eigenvalue weighted by atomic mass is 9.86. The molecule has 1 atom stereocenters. The molecule has 4 heteroatoms. The van der Waals surface area contributed by atoms with E-state index in [4.69, 9.17) is 5.73 Å². The summed E-state index contributed by atoms with van der Waals surface area (Å²) in [6, 6.07) is 9.57. The van der Waals surface area contributed by atoms with E-state index in [0.29, 0.717) is 13.1 Å².